The highest BCUT2D eigenvalue weighted by Crippen LogP contribution is 2.36. The van der Waals surface area contributed by atoms with Gasteiger partial charge in [0.2, 0.25) is 5.91 Å². The second-order valence-corrected chi connectivity index (χ2v) is 9.68. The van der Waals surface area contributed by atoms with Gasteiger partial charge in [-0.2, -0.15) is 0 Å². The number of para-hydroxylation sites is 1. The maximum absolute atomic E-state index is 12.8. The van der Waals surface area contributed by atoms with Crippen LogP contribution >= 0.6 is 11.8 Å². The molecule has 1 aromatic heterocycles. The molecule has 0 radical (unpaired) electrons. The van der Waals surface area contributed by atoms with E-state index in [2.05, 4.69) is 19.2 Å². The van der Waals surface area contributed by atoms with Crippen molar-refractivity contribution >= 4 is 23.4 Å². The Morgan fingerprint density at radius 1 is 1.12 bits per heavy atom. The third-order valence-electron chi connectivity index (χ3n) is 5.30. The second-order valence-electron chi connectivity index (χ2n) is 8.35. The molecule has 7 heteroatoms. The number of rotatable bonds is 6. The number of aromatic nitrogens is 2. The minimum absolute atomic E-state index is 0.0726. The fourth-order valence-corrected chi connectivity index (χ4v) is 4.43. The van der Waals surface area contributed by atoms with Gasteiger partial charge in [0.05, 0.1) is 30.3 Å². The topological polar surface area (TPSA) is 73.3 Å². The van der Waals surface area contributed by atoms with E-state index in [1.165, 1.54) is 11.8 Å². The second kappa shape index (κ2) is 9.30. The number of thioether (sulfide) groups is 1. The van der Waals surface area contributed by atoms with Crippen molar-refractivity contribution < 1.29 is 14.3 Å². The predicted molar refractivity (Wildman–Crippen MR) is 127 cm³/mol. The first kappa shape index (κ1) is 22.3. The standard InChI is InChI=1S/C25H27N3O3S/c1-16(23(29)26-18-8-6-5-7-9-18)32-24-20-15-31-25(2,3)14-21(20)27-22(28-24)17-10-12-19(30-4)13-11-17/h5-13,16H,14-15H2,1-4H3,(H,26,29)/t16-/m0/s1. The van der Waals surface area contributed by atoms with Crippen molar-refractivity contribution in [3.63, 3.8) is 0 Å². The SMILES string of the molecule is COc1ccc(-c2nc3c(c(S[C@@H](C)C(=O)Nc4ccccc4)n2)COC(C)(C)C3)cc1. The number of ether oxygens (including phenoxy) is 2. The normalized spacial score (nSPS) is 15.5. The molecular formula is C25H27N3O3S. The molecule has 0 unspecified atom stereocenters. The third kappa shape index (κ3) is 5.11. The molecule has 1 aliphatic heterocycles. The van der Waals surface area contributed by atoms with Gasteiger partial charge in [0.1, 0.15) is 10.8 Å². The minimum Gasteiger partial charge on any atom is -0.497 e. The maximum Gasteiger partial charge on any atom is 0.237 e. The van der Waals surface area contributed by atoms with Crippen LogP contribution < -0.4 is 10.1 Å². The van der Waals surface area contributed by atoms with Gasteiger partial charge in [-0.3, -0.25) is 4.79 Å². The van der Waals surface area contributed by atoms with Crippen LogP contribution in [0.5, 0.6) is 5.75 Å². The fraction of sp³-hybridized carbons (Fsp3) is 0.320. The zero-order valence-electron chi connectivity index (χ0n) is 18.7. The van der Waals surface area contributed by atoms with Gasteiger partial charge in [0.15, 0.2) is 5.82 Å². The number of amides is 1. The number of anilines is 1. The molecule has 0 saturated heterocycles. The van der Waals surface area contributed by atoms with E-state index < -0.39 is 0 Å². The van der Waals surface area contributed by atoms with Crippen LogP contribution in [-0.2, 0) is 22.6 Å². The average molecular weight is 450 g/mol. The van der Waals surface area contributed by atoms with Crippen LogP contribution in [0.2, 0.25) is 0 Å². The van der Waals surface area contributed by atoms with Gasteiger partial charge in [-0.15, -0.1) is 0 Å². The lowest BCUT2D eigenvalue weighted by atomic mass is 9.96. The Balaban J connectivity index is 1.64. The third-order valence-corrected chi connectivity index (χ3v) is 6.43. The largest absolute Gasteiger partial charge is 0.497 e. The van der Waals surface area contributed by atoms with Gasteiger partial charge in [-0.05, 0) is 57.2 Å². The van der Waals surface area contributed by atoms with Crippen LogP contribution in [0.1, 0.15) is 32.0 Å². The maximum atomic E-state index is 12.8. The Morgan fingerprint density at radius 3 is 2.53 bits per heavy atom. The van der Waals surface area contributed by atoms with E-state index in [1.807, 2.05) is 61.5 Å². The van der Waals surface area contributed by atoms with E-state index in [4.69, 9.17) is 19.4 Å². The zero-order valence-corrected chi connectivity index (χ0v) is 19.5. The highest BCUT2D eigenvalue weighted by Gasteiger charge is 2.31. The molecular weight excluding hydrogens is 422 g/mol. The van der Waals surface area contributed by atoms with Crippen molar-refractivity contribution in [3.05, 3.63) is 65.9 Å². The van der Waals surface area contributed by atoms with Gasteiger partial charge in [-0.1, -0.05) is 30.0 Å². The molecule has 1 atom stereocenters. The molecule has 0 fully saturated rings. The molecule has 0 bridgehead atoms. The number of carbonyl (C=O) groups excluding carboxylic acids is 1. The molecule has 0 aliphatic carbocycles. The van der Waals surface area contributed by atoms with Gasteiger partial charge in [0.25, 0.3) is 0 Å². The minimum atomic E-state index is -0.340. The lowest BCUT2D eigenvalue weighted by Gasteiger charge is -2.32. The molecule has 2 heterocycles. The van der Waals surface area contributed by atoms with Crippen LogP contribution in [-0.4, -0.2) is 33.8 Å². The van der Waals surface area contributed by atoms with Crippen LogP contribution in [0, 0.1) is 0 Å². The summed E-state index contributed by atoms with van der Waals surface area (Å²) in [6.07, 6.45) is 0.687. The summed E-state index contributed by atoms with van der Waals surface area (Å²) in [5.41, 5.74) is 3.32. The molecule has 3 aromatic rings. The molecule has 1 N–H and O–H groups in total. The first-order valence-electron chi connectivity index (χ1n) is 10.6. The Morgan fingerprint density at radius 2 is 1.84 bits per heavy atom. The highest BCUT2D eigenvalue weighted by atomic mass is 32.2. The highest BCUT2D eigenvalue weighted by molar-refractivity contribution is 8.00. The zero-order chi connectivity index (χ0) is 22.7. The molecule has 4 rings (SSSR count). The number of benzene rings is 2. The van der Waals surface area contributed by atoms with Gasteiger partial charge >= 0.3 is 0 Å². The van der Waals surface area contributed by atoms with E-state index in [0.29, 0.717) is 18.9 Å². The first-order chi connectivity index (χ1) is 15.3. The monoisotopic (exact) mass is 449 g/mol. The van der Waals surface area contributed by atoms with Crippen molar-refractivity contribution in [2.75, 3.05) is 12.4 Å². The average Bonchev–Trinajstić information content (AvgIpc) is 2.78. The Kier molecular flexibility index (Phi) is 6.48. The van der Waals surface area contributed by atoms with Crippen molar-refractivity contribution in [2.45, 2.75) is 49.7 Å². The fourth-order valence-electron chi connectivity index (χ4n) is 3.47. The van der Waals surface area contributed by atoms with E-state index in [9.17, 15) is 4.79 Å². The number of nitrogens with one attached hydrogen (secondary N) is 1. The summed E-state index contributed by atoms with van der Waals surface area (Å²) in [5.74, 6) is 1.35. The molecule has 1 amide bonds. The van der Waals surface area contributed by atoms with Gasteiger partial charge in [-0.25, -0.2) is 9.97 Å². The molecule has 1 aliphatic rings. The van der Waals surface area contributed by atoms with Gasteiger partial charge in [0, 0.05) is 23.2 Å². The predicted octanol–water partition coefficient (Wildman–Crippen LogP) is 5.12. The van der Waals surface area contributed by atoms with Crippen molar-refractivity contribution in [1.29, 1.82) is 0 Å². The van der Waals surface area contributed by atoms with E-state index in [1.54, 1.807) is 7.11 Å². The summed E-state index contributed by atoms with van der Waals surface area (Å²) < 4.78 is 11.3. The number of methoxy groups -OCH3 is 1. The summed E-state index contributed by atoms with van der Waals surface area (Å²) in [6.45, 7) is 6.44. The molecule has 0 spiro atoms. The summed E-state index contributed by atoms with van der Waals surface area (Å²) in [5, 5.41) is 3.41. The number of carbonyl (C=O) groups is 1. The summed E-state index contributed by atoms with van der Waals surface area (Å²) in [6, 6.07) is 17.2. The summed E-state index contributed by atoms with van der Waals surface area (Å²) in [7, 11) is 1.64. The molecule has 166 valence electrons. The number of nitrogens with zero attached hydrogens (tertiary/aromatic N) is 2. The van der Waals surface area contributed by atoms with Crippen LogP contribution in [0.25, 0.3) is 11.4 Å². The lowest BCUT2D eigenvalue weighted by Crippen LogP contribution is -2.33. The number of fused-ring (bicyclic) bond motifs is 1. The summed E-state index contributed by atoms with van der Waals surface area (Å²) in [4.78, 5) is 22.5. The van der Waals surface area contributed by atoms with Crippen molar-refractivity contribution in [3.8, 4) is 17.1 Å². The van der Waals surface area contributed by atoms with E-state index in [-0.39, 0.29) is 16.8 Å². The molecule has 32 heavy (non-hydrogen) atoms. The summed E-state index contributed by atoms with van der Waals surface area (Å²) >= 11 is 1.43. The lowest BCUT2D eigenvalue weighted by molar-refractivity contribution is -0.115. The first-order valence-corrected chi connectivity index (χ1v) is 11.4. The van der Waals surface area contributed by atoms with Crippen molar-refractivity contribution in [2.24, 2.45) is 0 Å². The van der Waals surface area contributed by atoms with E-state index >= 15 is 0 Å². The Hall–Kier alpha value is -2.90. The van der Waals surface area contributed by atoms with Crippen molar-refractivity contribution in [1.82, 2.24) is 9.97 Å². The van der Waals surface area contributed by atoms with Crippen LogP contribution in [0.3, 0.4) is 0 Å². The van der Waals surface area contributed by atoms with Crippen LogP contribution in [0.15, 0.2) is 59.6 Å². The Bertz CT molecular complexity index is 1100. The number of hydrogen-bond donors (Lipinski definition) is 1. The Labute approximate surface area is 192 Å². The molecule has 6 nitrogen and oxygen atoms in total. The van der Waals surface area contributed by atoms with E-state index in [0.717, 1.165) is 33.3 Å². The van der Waals surface area contributed by atoms with Crippen LogP contribution in [0.4, 0.5) is 5.69 Å². The quantitative estimate of drug-likeness (QED) is 0.416. The molecule has 0 saturated carbocycles. The smallest absolute Gasteiger partial charge is 0.237 e. The molecule has 2 aromatic carbocycles. The van der Waals surface area contributed by atoms with Gasteiger partial charge < -0.3 is 14.8 Å². The number of hydrogen-bond acceptors (Lipinski definition) is 6.